The average Bonchev–Trinajstić information content (AvgIpc) is 2.70. The van der Waals surface area contributed by atoms with E-state index in [2.05, 4.69) is 36.0 Å². The van der Waals surface area contributed by atoms with Gasteiger partial charge in [-0.05, 0) is 48.5 Å². The van der Waals surface area contributed by atoms with Crippen molar-refractivity contribution in [2.75, 3.05) is 55.6 Å². The lowest BCUT2D eigenvalue weighted by atomic mass is 10.2. The van der Waals surface area contributed by atoms with Gasteiger partial charge in [0.15, 0.2) is 0 Å². The van der Waals surface area contributed by atoms with E-state index in [9.17, 15) is 4.79 Å². The number of nitrogens with zero attached hydrogens (tertiary/aromatic N) is 2. The molecule has 0 amide bonds. The fraction of sp³-hybridized carbons (Fsp3) is 0.350. The van der Waals surface area contributed by atoms with E-state index < -0.39 is 0 Å². The highest BCUT2D eigenvalue weighted by Gasteiger charge is 2.03. The van der Waals surface area contributed by atoms with Gasteiger partial charge in [-0.15, -0.1) is 0 Å². The first-order valence-electron chi connectivity index (χ1n) is 8.50. The fourth-order valence-electron chi connectivity index (χ4n) is 2.37. The molecular weight excluding hydrogens is 364 g/mol. The molecule has 0 atom stereocenters. The van der Waals surface area contributed by atoms with Crippen molar-refractivity contribution in [3.8, 4) is 5.75 Å². The summed E-state index contributed by atoms with van der Waals surface area (Å²) < 4.78 is 5.19. The molecule has 0 aliphatic heterocycles. The van der Waals surface area contributed by atoms with Gasteiger partial charge in [0.1, 0.15) is 12.0 Å². The Balaban J connectivity index is 1.61. The topological polar surface area (TPSA) is 32.8 Å². The van der Waals surface area contributed by atoms with Crippen molar-refractivity contribution in [2.24, 2.45) is 0 Å². The molecule has 0 fully saturated rings. The van der Waals surface area contributed by atoms with Gasteiger partial charge in [0.05, 0.1) is 7.11 Å². The van der Waals surface area contributed by atoms with Gasteiger partial charge in [-0.1, -0.05) is 21.6 Å². The Labute approximate surface area is 164 Å². The largest absolute Gasteiger partial charge is 0.497 e. The molecule has 0 spiro atoms. The summed E-state index contributed by atoms with van der Waals surface area (Å²) in [4.78, 5) is 15.2. The highest BCUT2D eigenvalue weighted by atomic mass is 33.1. The molecule has 6 heteroatoms. The fourth-order valence-corrected chi connectivity index (χ4v) is 4.46. The van der Waals surface area contributed by atoms with Crippen LogP contribution < -0.4 is 14.5 Å². The summed E-state index contributed by atoms with van der Waals surface area (Å²) in [5.74, 6) is 3.02. The van der Waals surface area contributed by atoms with Crippen molar-refractivity contribution in [1.29, 1.82) is 0 Å². The number of hydrogen-bond acceptors (Lipinski definition) is 6. The Kier molecular flexibility index (Phi) is 8.71. The molecule has 0 aliphatic carbocycles. The molecule has 0 aromatic heterocycles. The van der Waals surface area contributed by atoms with E-state index in [-0.39, 0.29) is 0 Å². The molecule has 0 N–H and O–H groups in total. The van der Waals surface area contributed by atoms with Crippen molar-refractivity contribution in [2.45, 2.75) is 0 Å². The standard InChI is InChI=1S/C20H26N2O2S2/c1-21(18-6-4-17(16-23)5-7-18)12-14-25-26-15-13-22(2)19-8-10-20(24-3)11-9-19/h4-11,16H,12-15H2,1-3H3. The predicted molar refractivity (Wildman–Crippen MR) is 116 cm³/mol. The van der Waals surface area contributed by atoms with Gasteiger partial charge in [-0.2, -0.15) is 0 Å². The van der Waals surface area contributed by atoms with E-state index in [0.29, 0.717) is 5.56 Å². The van der Waals surface area contributed by atoms with Crippen molar-refractivity contribution in [3.05, 3.63) is 54.1 Å². The zero-order valence-corrected chi connectivity index (χ0v) is 17.2. The van der Waals surface area contributed by atoms with Gasteiger partial charge in [0.2, 0.25) is 0 Å². The van der Waals surface area contributed by atoms with Crippen molar-refractivity contribution in [1.82, 2.24) is 0 Å². The van der Waals surface area contributed by atoms with E-state index >= 15 is 0 Å². The van der Waals surface area contributed by atoms with E-state index in [1.807, 2.05) is 58.0 Å². The molecule has 2 aromatic carbocycles. The second-order valence-corrected chi connectivity index (χ2v) is 8.60. The van der Waals surface area contributed by atoms with Crippen LogP contribution in [-0.4, -0.2) is 52.1 Å². The van der Waals surface area contributed by atoms with Crippen LogP contribution in [0.3, 0.4) is 0 Å². The lowest BCUT2D eigenvalue weighted by Gasteiger charge is -2.20. The summed E-state index contributed by atoms with van der Waals surface area (Å²) in [6.07, 6.45) is 0.874. The minimum absolute atomic E-state index is 0.716. The molecule has 26 heavy (non-hydrogen) atoms. The van der Waals surface area contributed by atoms with Crippen LogP contribution in [0, 0.1) is 0 Å². The Morgan fingerprint density at radius 2 is 1.31 bits per heavy atom. The smallest absolute Gasteiger partial charge is 0.150 e. The van der Waals surface area contributed by atoms with Crippen LogP contribution in [0.15, 0.2) is 48.5 Å². The Hall–Kier alpha value is -1.79. The molecule has 2 rings (SSSR count). The van der Waals surface area contributed by atoms with Crippen LogP contribution in [0.25, 0.3) is 0 Å². The maximum Gasteiger partial charge on any atom is 0.150 e. The molecule has 0 bridgehead atoms. The van der Waals surface area contributed by atoms with Gasteiger partial charge in [0.25, 0.3) is 0 Å². The quantitative estimate of drug-likeness (QED) is 0.320. The predicted octanol–water partition coefficient (Wildman–Crippen LogP) is 4.46. The molecule has 0 radical (unpaired) electrons. The summed E-state index contributed by atoms with van der Waals surface area (Å²) in [5.41, 5.74) is 3.06. The molecule has 0 saturated heterocycles. The molecule has 140 valence electrons. The Bertz CT molecular complexity index is 663. The van der Waals surface area contributed by atoms with Crippen LogP contribution in [-0.2, 0) is 0 Å². The molecule has 0 heterocycles. The Morgan fingerprint density at radius 1 is 0.846 bits per heavy atom. The number of benzene rings is 2. The minimum atomic E-state index is 0.716. The van der Waals surface area contributed by atoms with E-state index in [4.69, 9.17) is 4.74 Å². The van der Waals surface area contributed by atoms with Crippen LogP contribution in [0.2, 0.25) is 0 Å². The molecule has 0 aliphatic rings. The number of methoxy groups -OCH3 is 1. The highest BCUT2D eigenvalue weighted by molar-refractivity contribution is 8.76. The molecule has 0 unspecified atom stereocenters. The second-order valence-electron chi connectivity index (χ2n) is 5.89. The first kappa shape index (κ1) is 20.5. The maximum atomic E-state index is 10.7. The lowest BCUT2D eigenvalue weighted by Crippen LogP contribution is -2.21. The van der Waals surface area contributed by atoms with E-state index in [0.717, 1.165) is 42.3 Å². The highest BCUT2D eigenvalue weighted by Crippen LogP contribution is 2.24. The third-order valence-electron chi connectivity index (χ3n) is 4.09. The van der Waals surface area contributed by atoms with E-state index in [1.54, 1.807) is 7.11 Å². The van der Waals surface area contributed by atoms with Gasteiger partial charge >= 0.3 is 0 Å². The van der Waals surface area contributed by atoms with Crippen molar-refractivity contribution < 1.29 is 9.53 Å². The first-order chi connectivity index (χ1) is 12.6. The van der Waals surface area contributed by atoms with Crippen LogP contribution in [0.1, 0.15) is 10.4 Å². The molecular formula is C20H26N2O2S2. The third kappa shape index (κ3) is 6.50. The first-order valence-corrected chi connectivity index (χ1v) is 11.0. The number of rotatable bonds is 11. The lowest BCUT2D eigenvalue weighted by molar-refractivity contribution is 0.112. The van der Waals surface area contributed by atoms with Crippen molar-refractivity contribution >= 4 is 39.2 Å². The number of anilines is 2. The molecule has 0 saturated carbocycles. The summed E-state index contributed by atoms with van der Waals surface area (Å²) in [7, 11) is 9.69. The minimum Gasteiger partial charge on any atom is -0.497 e. The zero-order valence-electron chi connectivity index (χ0n) is 15.6. The molecule has 2 aromatic rings. The zero-order chi connectivity index (χ0) is 18.8. The summed E-state index contributed by atoms with van der Waals surface area (Å²) in [6.45, 7) is 1.99. The number of aldehydes is 1. The number of carbonyl (C=O) groups is 1. The van der Waals surface area contributed by atoms with Crippen LogP contribution in [0.5, 0.6) is 5.75 Å². The van der Waals surface area contributed by atoms with Gasteiger partial charge in [-0.3, -0.25) is 4.79 Å². The normalized spacial score (nSPS) is 10.4. The van der Waals surface area contributed by atoms with Crippen LogP contribution >= 0.6 is 21.6 Å². The van der Waals surface area contributed by atoms with Gasteiger partial charge < -0.3 is 14.5 Å². The number of ether oxygens (including phenoxy) is 1. The number of hydrogen-bond donors (Lipinski definition) is 0. The van der Waals surface area contributed by atoms with E-state index in [1.165, 1.54) is 5.69 Å². The monoisotopic (exact) mass is 390 g/mol. The number of carbonyl (C=O) groups excluding carboxylic acids is 1. The van der Waals surface area contributed by atoms with Crippen LogP contribution in [0.4, 0.5) is 11.4 Å². The molecule has 4 nitrogen and oxygen atoms in total. The average molecular weight is 391 g/mol. The van der Waals surface area contributed by atoms with Crippen molar-refractivity contribution in [3.63, 3.8) is 0 Å². The SMILES string of the molecule is COc1ccc(N(C)CCSSCCN(C)c2ccc(C=O)cc2)cc1. The third-order valence-corrected chi connectivity index (χ3v) is 6.45. The Morgan fingerprint density at radius 3 is 1.73 bits per heavy atom. The van der Waals surface area contributed by atoms with Gasteiger partial charge in [-0.25, -0.2) is 0 Å². The second kappa shape index (κ2) is 11.0. The van der Waals surface area contributed by atoms with Gasteiger partial charge in [0, 0.05) is 55.6 Å². The summed E-state index contributed by atoms with van der Waals surface area (Å²) >= 11 is 0. The maximum absolute atomic E-state index is 10.7. The summed E-state index contributed by atoms with van der Waals surface area (Å²) in [5, 5.41) is 0. The summed E-state index contributed by atoms with van der Waals surface area (Å²) in [6, 6.07) is 15.8.